The summed E-state index contributed by atoms with van der Waals surface area (Å²) in [6.45, 7) is 1.25. The zero-order chi connectivity index (χ0) is 24.8. The number of ketones is 2. The number of aliphatic hydroxyl groups excluding tert-OH is 3. The number of benzene rings is 1. The van der Waals surface area contributed by atoms with Crippen LogP contribution in [0.4, 0.5) is 0 Å². The van der Waals surface area contributed by atoms with E-state index in [0.29, 0.717) is 0 Å². The molecule has 1 saturated carbocycles. The fraction of sp³-hybridized carbons (Fsp3) is 0.409. The van der Waals surface area contributed by atoms with E-state index >= 15 is 0 Å². The highest BCUT2D eigenvalue weighted by atomic mass is 16.4. The number of hydrogen-bond acceptors (Lipinski definition) is 10. The molecule has 0 spiro atoms. The molecule has 0 aliphatic heterocycles. The number of carbonyl (C=O) groups excluding carboxylic acids is 3. The molecule has 1 fully saturated rings. The number of primary amides is 1. The summed E-state index contributed by atoms with van der Waals surface area (Å²) in [7, 11) is 2.80. The first kappa shape index (κ1) is 22.9. The number of phenols is 1. The van der Waals surface area contributed by atoms with Crippen molar-refractivity contribution in [1.82, 2.24) is 4.90 Å². The molecule has 176 valence electrons. The van der Waals surface area contributed by atoms with E-state index in [1.165, 1.54) is 44.1 Å². The molecule has 8 N–H and O–H groups in total. The molecule has 0 unspecified atom stereocenters. The van der Waals surface area contributed by atoms with Crippen LogP contribution in [-0.2, 0) is 20.0 Å². The summed E-state index contributed by atoms with van der Waals surface area (Å²) in [5.41, 5.74) is -1.78. The van der Waals surface area contributed by atoms with Crippen LogP contribution < -0.4 is 5.73 Å². The number of aromatic hydroxyl groups is 1. The summed E-state index contributed by atoms with van der Waals surface area (Å²) in [5.74, 6) is -9.67. The third kappa shape index (κ3) is 2.61. The molecule has 0 bridgehead atoms. The zero-order valence-corrected chi connectivity index (χ0v) is 18.0. The van der Waals surface area contributed by atoms with Crippen molar-refractivity contribution >= 4 is 23.2 Å². The Bertz CT molecular complexity index is 1180. The van der Waals surface area contributed by atoms with Crippen molar-refractivity contribution in [2.24, 2.45) is 17.6 Å². The van der Waals surface area contributed by atoms with Crippen LogP contribution in [0.25, 0.3) is 5.76 Å². The summed E-state index contributed by atoms with van der Waals surface area (Å²) in [5, 5.41) is 66.3. The van der Waals surface area contributed by atoms with Crippen LogP contribution in [-0.4, -0.2) is 84.9 Å². The molecule has 4 rings (SSSR count). The van der Waals surface area contributed by atoms with Gasteiger partial charge in [-0.3, -0.25) is 19.3 Å². The second kappa shape index (κ2) is 6.87. The van der Waals surface area contributed by atoms with E-state index in [1.807, 2.05) is 0 Å². The van der Waals surface area contributed by atoms with E-state index in [4.69, 9.17) is 5.73 Å². The second-order valence-corrected chi connectivity index (χ2v) is 9.06. The average molecular weight is 460 g/mol. The normalized spacial score (nSPS) is 36.0. The number of Topliss-reactive ketones (excluding diaryl/α,β-unsaturated/α-hetero) is 2. The smallest absolute Gasteiger partial charge is 0.255 e. The number of nitrogens with zero attached hydrogens (tertiary/aromatic N) is 1. The van der Waals surface area contributed by atoms with Crippen LogP contribution in [0.2, 0.25) is 0 Å². The topological polar surface area (TPSA) is 202 Å². The number of hydrogen-bond donors (Lipinski definition) is 7. The molecule has 0 aromatic heterocycles. The van der Waals surface area contributed by atoms with E-state index in [2.05, 4.69) is 0 Å². The highest BCUT2D eigenvalue weighted by molar-refractivity contribution is 6.24. The lowest BCUT2D eigenvalue weighted by Crippen LogP contribution is -2.71. The Morgan fingerprint density at radius 1 is 1.12 bits per heavy atom. The molecule has 3 aliphatic carbocycles. The molecule has 11 nitrogen and oxygen atoms in total. The van der Waals surface area contributed by atoms with Crippen molar-refractivity contribution in [2.45, 2.75) is 30.3 Å². The fourth-order valence-corrected chi connectivity index (χ4v) is 5.60. The Hall–Kier alpha value is -3.25. The molecule has 0 heterocycles. The van der Waals surface area contributed by atoms with Crippen LogP contribution in [0.3, 0.4) is 0 Å². The Morgan fingerprint density at radius 3 is 2.27 bits per heavy atom. The van der Waals surface area contributed by atoms with Crippen LogP contribution in [0.5, 0.6) is 5.75 Å². The van der Waals surface area contributed by atoms with E-state index < -0.39 is 81.1 Å². The number of fused-ring (bicyclic) bond motifs is 3. The van der Waals surface area contributed by atoms with Crippen LogP contribution in [0, 0.1) is 11.8 Å². The lowest BCUT2D eigenvalue weighted by molar-refractivity contribution is -0.181. The van der Waals surface area contributed by atoms with Crippen molar-refractivity contribution in [3.63, 3.8) is 0 Å². The predicted molar refractivity (Wildman–Crippen MR) is 112 cm³/mol. The van der Waals surface area contributed by atoms with Gasteiger partial charge in [0, 0.05) is 0 Å². The van der Waals surface area contributed by atoms with E-state index in [1.54, 1.807) is 0 Å². The van der Waals surface area contributed by atoms with Gasteiger partial charge in [0.25, 0.3) is 5.91 Å². The summed E-state index contributed by atoms with van der Waals surface area (Å²) in [6.07, 6.45) is -1.87. The molecular formula is C22H24N2O9. The van der Waals surface area contributed by atoms with Gasteiger partial charge in [0.1, 0.15) is 22.8 Å². The van der Waals surface area contributed by atoms with Crippen molar-refractivity contribution < 1.29 is 45.0 Å². The quantitative estimate of drug-likeness (QED) is 0.257. The third-order valence-corrected chi connectivity index (χ3v) is 7.03. The van der Waals surface area contributed by atoms with Gasteiger partial charge < -0.3 is 36.4 Å². The summed E-state index contributed by atoms with van der Waals surface area (Å²) in [6, 6.07) is 2.50. The zero-order valence-electron chi connectivity index (χ0n) is 18.0. The minimum atomic E-state index is -3.02. The van der Waals surface area contributed by atoms with Gasteiger partial charge in [0.2, 0.25) is 5.78 Å². The number of rotatable bonds is 2. The van der Waals surface area contributed by atoms with Crippen molar-refractivity contribution in [1.29, 1.82) is 0 Å². The van der Waals surface area contributed by atoms with Crippen molar-refractivity contribution in [2.75, 3.05) is 14.1 Å². The van der Waals surface area contributed by atoms with Gasteiger partial charge >= 0.3 is 0 Å². The second-order valence-electron chi connectivity index (χ2n) is 9.06. The maximum atomic E-state index is 13.7. The van der Waals surface area contributed by atoms with Crippen LogP contribution in [0.1, 0.15) is 18.1 Å². The Kier molecular flexibility index (Phi) is 4.78. The van der Waals surface area contributed by atoms with Gasteiger partial charge in [-0.2, -0.15) is 0 Å². The first-order chi connectivity index (χ1) is 15.2. The van der Waals surface area contributed by atoms with Crippen molar-refractivity contribution in [3.05, 3.63) is 46.2 Å². The number of phenolic OH excluding ortho intramolecular Hbond substituents is 1. The molecule has 33 heavy (non-hydrogen) atoms. The van der Waals surface area contributed by atoms with Gasteiger partial charge in [-0.1, -0.05) is 12.1 Å². The standard InChI is InChI=1S/C22H24N2O9/c1-21(32)7-5-4-6-8(25)9(7)15(26)10-12(21)17(28)13-14(24(2)3)16(27)11(20(23)31)19(30)22(13,33)18(10)29/h4-6,12-14,17,25-26,28,30,32-33H,1-3H3,(H2,23,31)/t12-,13+,14+,17+,21+,22-/m0/s1. The minimum absolute atomic E-state index is 0.00664. The lowest BCUT2D eigenvalue weighted by atomic mass is 9.53. The van der Waals surface area contributed by atoms with Crippen LogP contribution in [0.15, 0.2) is 35.1 Å². The SMILES string of the molecule is CN(C)[C@H]1C(=O)C(C(N)=O)=C(O)[C@@]2(O)C(=O)C3=C(O)c4c(O)cccc4[C@@](C)(O)[C@@H]3[C@@H](O)[C@@H]12. The van der Waals surface area contributed by atoms with Gasteiger partial charge in [-0.05, 0) is 32.6 Å². The van der Waals surface area contributed by atoms with E-state index in [9.17, 15) is 45.0 Å². The van der Waals surface area contributed by atoms with Gasteiger partial charge in [0.05, 0.1) is 40.7 Å². The molecule has 0 saturated heterocycles. The molecular weight excluding hydrogens is 436 g/mol. The monoisotopic (exact) mass is 460 g/mol. The third-order valence-electron chi connectivity index (χ3n) is 7.03. The Labute approximate surface area is 187 Å². The molecule has 1 aromatic rings. The first-order valence-corrected chi connectivity index (χ1v) is 10.1. The first-order valence-electron chi connectivity index (χ1n) is 10.1. The lowest BCUT2D eigenvalue weighted by Gasteiger charge is -2.55. The Balaban J connectivity index is 2.11. The summed E-state index contributed by atoms with van der Waals surface area (Å²) >= 11 is 0. The number of amides is 1. The van der Waals surface area contributed by atoms with Gasteiger partial charge in [-0.25, -0.2) is 0 Å². The highest BCUT2D eigenvalue weighted by Crippen LogP contribution is 2.57. The van der Waals surface area contributed by atoms with E-state index in [0.717, 1.165) is 0 Å². The molecule has 1 amide bonds. The highest BCUT2D eigenvalue weighted by Gasteiger charge is 2.70. The minimum Gasteiger partial charge on any atom is -0.508 e. The molecule has 1 aromatic carbocycles. The van der Waals surface area contributed by atoms with Crippen LogP contribution >= 0.6 is 0 Å². The molecule has 6 atom stereocenters. The fourth-order valence-electron chi connectivity index (χ4n) is 5.60. The van der Waals surface area contributed by atoms with E-state index in [-0.39, 0.29) is 11.1 Å². The Morgan fingerprint density at radius 2 is 1.73 bits per heavy atom. The number of likely N-dealkylation sites (N-methyl/N-ethyl adjacent to an activating group) is 1. The maximum absolute atomic E-state index is 13.7. The van der Waals surface area contributed by atoms with Crippen molar-refractivity contribution in [3.8, 4) is 5.75 Å². The summed E-state index contributed by atoms with van der Waals surface area (Å²) < 4.78 is 0. The van der Waals surface area contributed by atoms with Gasteiger partial charge in [-0.15, -0.1) is 0 Å². The molecule has 3 aliphatic rings. The molecule has 0 radical (unpaired) electrons. The number of aliphatic hydroxyl groups is 5. The number of carbonyl (C=O) groups is 3. The largest absolute Gasteiger partial charge is 0.508 e. The maximum Gasteiger partial charge on any atom is 0.255 e. The predicted octanol–water partition coefficient (Wildman–Crippen LogP) is -1.40. The summed E-state index contributed by atoms with van der Waals surface area (Å²) in [4.78, 5) is 39.9. The molecule has 11 heteroatoms. The average Bonchev–Trinajstić information content (AvgIpc) is 2.70. The van der Waals surface area contributed by atoms with Gasteiger partial charge in [0.15, 0.2) is 11.4 Å². The number of nitrogens with two attached hydrogens (primary N) is 1.